The number of hydrogen-bond donors (Lipinski definition) is 0. The zero-order valence-electron chi connectivity index (χ0n) is 16.5. The van der Waals surface area contributed by atoms with E-state index in [9.17, 15) is 26.3 Å². The Kier molecular flexibility index (Phi) is 7.33. The van der Waals surface area contributed by atoms with E-state index in [2.05, 4.69) is 6.08 Å². The summed E-state index contributed by atoms with van der Waals surface area (Å²) in [6.45, 7) is -0.318. The van der Waals surface area contributed by atoms with Gasteiger partial charge in [0.15, 0.2) is 0 Å². The molecule has 0 atom stereocenters. The van der Waals surface area contributed by atoms with Crippen LogP contribution in [0.1, 0.15) is 74.8 Å². The first-order chi connectivity index (χ1) is 13.8. The molecular formula is C23H28F6. The summed E-state index contributed by atoms with van der Waals surface area (Å²) in [7, 11) is 0. The molecule has 6 heteroatoms. The average Bonchev–Trinajstić information content (AvgIpc) is 2.67. The third-order valence-electron chi connectivity index (χ3n) is 6.76. The van der Waals surface area contributed by atoms with Gasteiger partial charge in [-0.05, 0) is 99.2 Å². The second kappa shape index (κ2) is 9.57. The molecule has 0 unspecified atom stereocenters. The minimum absolute atomic E-state index is 0.0856. The fourth-order valence-corrected chi connectivity index (χ4v) is 5.18. The molecule has 1 aromatic rings. The molecule has 0 aliphatic heterocycles. The van der Waals surface area contributed by atoms with Gasteiger partial charge in [-0.25, -0.2) is 8.78 Å². The Morgan fingerprint density at radius 2 is 1.34 bits per heavy atom. The third kappa shape index (κ3) is 5.58. The first-order valence-electron chi connectivity index (χ1n) is 10.6. The van der Waals surface area contributed by atoms with Crippen LogP contribution in [0, 0.1) is 29.4 Å². The number of hydrogen-bond acceptors (Lipinski definition) is 0. The zero-order chi connectivity index (χ0) is 21.0. The molecule has 0 N–H and O–H groups in total. The molecule has 2 fully saturated rings. The number of benzene rings is 1. The lowest BCUT2D eigenvalue weighted by Crippen LogP contribution is -2.25. The molecule has 3 rings (SSSR count). The van der Waals surface area contributed by atoms with Gasteiger partial charge in [-0.1, -0.05) is 12.2 Å². The second-order valence-corrected chi connectivity index (χ2v) is 8.55. The summed E-state index contributed by atoms with van der Waals surface area (Å²) < 4.78 is 78.2. The molecule has 0 radical (unpaired) electrons. The van der Waals surface area contributed by atoms with Crippen LogP contribution in [0.25, 0.3) is 0 Å². The van der Waals surface area contributed by atoms with Crippen LogP contribution in [0.4, 0.5) is 26.3 Å². The van der Waals surface area contributed by atoms with Crippen molar-refractivity contribution in [3.05, 3.63) is 47.0 Å². The van der Waals surface area contributed by atoms with E-state index in [4.69, 9.17) is 0 Å². The summed E-state index contributed by atoms with van der Waals surface area (Å²) in [5.41, 5.74) is -1.46. The van der Waals surface area contributed by atoms with Crippen molar-refractivity contribution in [1.29, 1.82) is 0 Å². The Morgan fingerprint density at radius 1 is 0.828 bits per heavy atom. The fraction of sp³-hybridized carbons (Fsp3) is 0.652. The van der Waals surface area contributed by atoms with Crippen molar-refractivity contribution in [2.75, 3.05) is 6.67 Å². The fourth-order valence-electron chi connectivity index (χ4n) is 5.18. The second-order valence-electron chi connectivity index (χ2n) is 8.55. The largest absolute Gasteiger partial charge is 0.422 e. The van der Waals surface area contributed by atoms with E-state index in [1.54, 1.807) is 0 Å². The quantitative estimate of drug-likeness (QED) is 0.336. The Morgan fingerprint density at radius 3 is 1.83 bits per heavy atom. The molecule has 0 saturated heterocycles. The predicted octanol–water partition coefficient (Wildman–Crippen LogP) is 7.98. The van der Waals surface area contributed by atoms with Crippen LogP contribution < -0.4 is 0 Å². The van der Waals surface area contributed by atoms with Crippen LogP contribution in [0.3, 0.4) is 0 Å². The van der Waals surface area contributed by atoms with Crippen molar-refractivity contribution in [3.8, 4) is 0 Å². The lowest BCUT2D eigenvalue weighted by Gasteiger charge is -2.37. The van der Waals surface area contributed by atoms with Crippen molar-refractivity contribution in [2.45, 2.75) is 69.9 Å². The summed E-state index contributed by atoms with van der Waals surface area (Å²) in [5.74, 6) is -1.37. The Bertz CT molecular complexity index is 669. The molecule has 29 heavy (non-hydrogen) atoms. The van der Waals surface area contributed by atoms with Crippen molar-refractivity contribution >= 4 is 0 Å². The SMILES string of the molecule is FCC/C=C/[C@H]1CC[C@H](C2CCC(c3cc(F)c(C(F)(F)F)c(F)c3)CC2)CC1. The standard InChI is InChI=1S/C23H28F6/c24-12-2-1-3-15-4-6-16(7-5-15)17-8-10-18(11-9-17)19-13-20(25)22(21(26)14-19)23(27,28)29/h1,3,13-18H,2,4-12H2/b3-1+/t15-,16-,17?,18?. The maximum absolute atomic E-state index is 13.9. The summed E-state index contributed by atoms with van der Waals surface area (Å²) in [6, 6.07) is 1.73. The van der Waals surface area contributed by atoms with Crippen LogP contribution in [0.5, 0.6) is 0 Å². The van der Waals surface area contributed by atoms with Crippen molar-refractivity contribution in [2.24, 2.45) is 17.8 Å². The van der Waals surface area contributed by atoms with Crippen LogP contribution in [-0.2, 0) is 6.18 Å². The number of allylic oxidation sites excluding steroid dienone is 2. The van der Waals surface area contributed by atoms with Gasteiger partial charge in [0.25, 0.3) is 0 Å². The van der Waals surface area contributed by atoms with Gasteiger partial charge >= 0.3 is 6.18 Å². The van der Waals surface area contributed by atoms with Gasteiger partial charge in [0.05, 0.1) is 6.67 Å². The molecule has 2 aliphatic carbocycles. The zero-order valence-corrected chi connectivity index (χ0v) is 16.5. The number of alkyl halides is 4. The number of halogens is 6. The molecule has 162 valence electrons. The van der Waals surface area contributed by atoms with Gasteiger partial charge in [-0.15, -0.1) is 0 Å². The topological polar surface area (TPSA) is 0 Å². The lowest BCUT2D eigenvalue weighted by atomic mass is 9.68. The van der Waals surface area contributed by atoms with Crippen molar-refractivity contribution < 1.29 is 26.3 Å². The molecular weight excluding hydrogens is 390 g/mol. The maximum atomic E-state index is 13.9. The van der Waals surface area contributed by atoms with Gasteiger partial charge < -0.3 is 0 Å². The van der Waals surface area contributed by atoms with Crippen LogP contribution in [-0.4, -0.2) is 6.67 Å². The smallest absolute Gasteiger partial charge is 0.251 e. The van der Waals surface area contributed by atoms with E-state index in [0.29, 0.717) is 29.7 Å². The highest BCUT2D eigenvalue weighted by molar-refractivity contribution is 5.30. The first-order valence-corrected chi connectivity index (χ1v) is 10.6. The average molecular weight is 418 g/mol. The summed E-state index contributed by atoms with van der Waals surface area (Å²) in [4.78, 5) is 0. The highest BCUT2D eigenvalue weighted by Gasteiger charge is 2.39. The molecule has 1 aromatic carbocycles. The summed E-state index contributed by atoms with van der Waals surface area (Å²) in [5, 5.41) is 0. The molecule has 0 bridgehead atoms. The molecule has 0 nitrogen and oxygen atoms in total. The normalized spacial score (nSPS) is 28.8. The number of rotatable bonds is 5. The Labute approximate surface area is 168 Å². The Hall–Kier alpha value is -1.46. The van der Waals surface area contributed by atoms with Gasteiger partial charge in [-0.3, -0.25) is 4.39 Å². The van der Waals surface area contributed by atoms with Gasteiger partial charge in [0.1, 0.15) is 17.2 Å². The van der Waals surface area contributed by atoms with Gasteiger partial charge in [0, 0.05) is 0 Å². The molecule has 0 amide bonds. The van der Waals surface area contributed by atoms with E-state index in [1.165, 1.54) is 0 Å². The molecule has 0 aromatic heterocycles. The summed E-state index contributed by atoms with van der Waals surface area (Å²) in [6.07, 6.45) is 7.44. The summed E-state index contributed by atoms with van der Waals surface area (Å²) >= 11 is 0. The van der Waals surface area contributed by atoms with E-state index in [0.717, 1.165) is 63.5 Å². The molecule has 2 saturated carbocycles. The van der Waals surface area contributed by atoms with Crippen molar-refractivity contribution in [1.82, 2.24) is 0 Å². The molecule has 0 spiro atoms. The molecule has 2 aliphatic rings. The van der Waals surface area contributed by atoms with Gasteiger partial charge in [-0.2, -0.15) is 13.2 Å². The van der Waals surface area contributed by atoms with Crippen LogP contribution in [0.2, 0.25) is 0 Å². The molecule has 0 heterocycles. The maximum Gasteiger partial charge on any atom is 0.422 e. The van der Waals surface area contributed by atoms with Gasteiger partial charge in [0.2, 0.25) is 0 Å². The highest BCUT2D eigenvalue weighted by Crippen LogP contribution is 2.45. The van der Waals surface area contributed by atoms with Crippen LogP contribution in [0.15, 0.2) is 24.3 Å². The first kappa shape index (κ1) is 22.2. The van der Waals surface area contributed by atoms with Crippen LogP contribution >= 0.6 is 0 Å². The monoisotopic (exact) mass is 418 g/mol. The minimum Gasteiger partial charge on any atom is -0.251 e. The predicted molar refractivity (Wildman–Crippen MR) is 101 cm³/mol. The lowest BCUT2D eigenvalue weighted by molar-refractivity contribution is -0.142. The Balaban J connectivity index is 1.54. The van der Waals surface area contributed by atoms with E-state index in [-0.39, 0.29) is 12.6 Å². The third-order valence-corrected chi connectivity index (χ3v) is 6.76. The minimum atomic E-state index is -5.02. The van der Waals surface area contributed by atoms with Crippen molar-refractivity contribution in [3.63, 3.8) is 0 Å². The van der Waals surface area contributed by atoms with E-state index in [1.807, 2.05) is 6.08 Å². The van der Waals surface area contributed by atoms with E-state index < -0.39 is 23.4 Å². The van der Waals surface area contributed by atoms with E-state index >= 15 is 0 Å². The highest BCUT2D eigenvalue weighted by atomic mass is 19.4.